The smallest absolute Gasteiger partial charge is 0.197 e. The third-order valence-electron chi connectivity index (χ3n) is 5.01. The highest BCUT2D eigenvalue weighted by Crippen LogP contribution is 2.42. The number of methoxy groups -OCH3 is 4. The summed E-state index contributed by atoms with van der Waals surface area (Å²) in [4.78, 5) is 13.1. The van der Waals surface area contributed by atoms with Crippen molar-refractivity contribution in [1.29, 1.82) is 0 Å². The fourth-order valence-electron chi connectivity index (χ4n) is 3.58. The van der Waals surface area contributed by atoms with Gasteiger partial charge in [0.2, 0.25) is 0 Å². The van der Waals surface area contributed by atoms with Gasteiger partial charge in [-0.25, -0.2) is 0 Å². The molecule has 1 aromatic heterocycles. The van der Waals surface area contributed by atoms with Crippen molar-refractivity contribution in [2.24, 2.45) is 0 Å². The molecule has 0 amide bonds. The summed E-state index contributed by atoms with van der Waals surface area (Å²) in [6.07, 6.45) is 0. The summed E-state index contributed by atoms with van der Waals surface area (Å²) in [5.74, 6) is 1.62. The monoisotopic (exact) mass is 416 g/mol. The summed E-state index contributed by atoms with van der Waals surface area (Å²) in [5.41, 5.74) is 1.72. The molecule has 0 aliphatic carbocycles. The van der Waals surface area contributed by atoms with Gasteiger partial charge in [-0.3, -0.25) is 4.79 Å². The molecule has 0 radical (unpaired) electrons. The zero-order valence-corrected chi connectivity index (χ0v) is 17.5. The summed E-state index contributed by atoms with van der Waals surface area (Å²) >= 11 is 0. The molecule has 0 atom stereocenters. The van der Waals surface area contributed by atoms with Crippen LogP contribution in [0.15, 0.2) is 27.4 Å². The molecule has 0 fully saturated rings. The van der Waals surface area contributed by atoms with Crippen molar-refractivity contribution >= 4 is 11.0 Å². The maximum Gasteiger partial charge on any atom is 0.197 e. The quantitative estimate of drug-likeness (QED) is 0.605. The van der Waals surface area contributed by atoms with Crippen LogP contribution >= 0.6 is 0 Å². The van der Waals surface area contributed by atoms with Crippen LogP contribution in [0.25, 0.3) is 22.3 Å². The summed E-state index contributed by atoms with van der Waals surface area (Å²) in [6.45, 7) is 0.976. The van der Waals surface area contributed by atoms with Crippen LogP contribution in [0.5, 0.6) is 23.0 Å². The van der Waals surface area contributed by atoms with Gasteiger partial charge in [-0.2, -0.15) is 0 Å². The Bertz CT molecular complexity index is 1150. The molecule has 8 nitrogen and oxygen atoms in total. The van der Waals surface area contributed by atoms with E-state index in [1.165, 1.54) is 27.4 Å². The van der Waals surface area contributed by atoms with Gasteiger partial charge in [0.1, 0.15) is 16.9 Å². The Kier molecular flexibility index (Phi) is 6.19. The summed E-state index contributed by atoms with van der Waals surface area (Å²) in [5, 5.41) is 19.8. The van der Waals surface area contributed by atoms with Crippen LogP contribution in [0.2, 0.25) is 0 Å². The molecule has 8 heteroatoms. The van der Waals surface area contributed by atoms with Gasteiger partial charge >= 0.3 is 0 Å². The fourth-order valence-corrected chi connectivity index (χ4v) is 3.58. The molecule has 0 bridgehead atoms. The average molecular weight is 416 g/mol. The number of benzene rings is 2. The SMILES string of the molecule is COc1cc(C)c(-c2cc(=O)c3c(OC)c(CO)c(CO)c(OC)c3o2)cc1OC. The Morgan fingerprint density at radius 3 is 1.93 bits per heavy atom. The lowest BCUT2D eigenvalue weighted by atomic mass is 10.00. The number of fused-ring (bicyclic) bond motifs is 1. The Hall–Kier alpha value is -3.23. The largest absolute Gasteiger partial charge is 0.495 e. The zero-order valence-electron chi connectivity index (χ0n) is 17.5. The van der Waals surface area contributed by atoms with Crippen molar-refractivity contribution in [3.05, 3.63) is 45.1 Å². The van der Waals surface area contributed by atoms with Crippen molar-refractivity contribution in [3.8, 4) is 34.3 Å². The van der Waals surface area contributed by atoms with Crippen LogP contribution in [0, 0.1) is 6.92 Å². The molecule has 1 heterocycles. The molecular formula is C22H24O8. The third kappa shape index (κ3) is 3.34. The number of ether oxygens (including phenoxy) is 4. The minimum absolute atomic E-state index is 0.118. The first-order chi connectivity index (χ1) is 14.4. The molecular weight excluding hydrogens is 392 g/mol. The molecule has 0 aliphatic rings. The van der Waals surface area contributed by atoms with Crippen molar-refractivity contribution in [2.45, 2.75) is 20.1 Å². The predicted molar refractivity (Wildman–Crippen MR) is 111 cm³/mol. The van der Waals surface area contributed by atoms with Crippen molar-refractivity contribution in [1.82, 2.24) is 0 Å². The molecule has 2 aromatic carbocycles. The van der Waals surface area contributed by atoms with E-state index in [4.69, 9.17) is 23.4 Å². The van der Waals surface area contributed by atoms with Crippen molar-refractivity contribution in [2.75, 3.05) is 28.4 Å². The van der Waals surface area contributed by atoms with Crippen LogP contribution < -0.4 is 24.4 Å². The maximum absolute atomic E-state index is 13.1. The second kappa shape index (κ2) is 8.64. The number of aryl methyl sites for hydroxylation is 1. The van der Waals surface area contributed by atoms with Gasteiger partial charge in [-0.1, -0.05) is 0 Å². The van der Waals surface area contributed by atoms with Crippen LogP contribution in [0.4, 0.5) is 0 Å². The van der Waals surface area contributed by atoms with Gasteiger partial charge in [0, 0.05) is 22.8 Å². The number of rotatable bonds is 7. The highest BCUT2D eigenvalue weighted by atomic mass is 16.5. The Balaban J connectivity index is 2.43. The van der Waals surface area contributed by atoms with Crippen LogP contribution in [0.3, 0.4) is 0 Å². The van der Waals surface area contributed by atoms with Crippen molar-refractivity contribution in [3.63, 3.8) is 0 Å². The minimum atomic E-state index is -0.443. The molecule has 0 spiro atoms. The van der Waals surface area contributed by atoms with E-state index in [0.717, 1.165) is 5.56 Å². The molecule has 0 saturated heterocycles. The summed E-state index contributed by atoms with van der Waals surface area (Å²) < 4.78 is 27.6. The first-order valence-electron chi connectivity index (χ1n) is 9.13. The molecule has 0 aliphatic heterocycles. The van der Waals surface area contributed by atoms with E-state index in [1.54, 1.807) is 19.2 Å². The molecule has 160 valence electrons. The number of aliphatic hydroxyl groups excluding tert-OH is 2. The fraction of sp³-hybridized carbons (Fsp3) is 0.318. The van der Waals surface area contributed by atoms with Gasteiger partial charge < -0.3 is 33.6 Å². The second-order valence-electron chi connectivity index (χ2n) is 6.54. The van der Waals surface area contributed by atoms with Gasteiger partial charge in [0.05, 0.1) is 41.7 Å². The molecule has 3 aromatic rings. The number of aliphatic hydroxyl groups is 2. The number of hydrogen-bond acceptors (Lipinski definition) is 8. The summed E-state index contributed by atoms with van der Waals surface area (Å²) in [7, 11) is 5.84. The van der Waals surface area contributed by atoms with E-state index in [1.807, 2.05) is 6.92 Å². The molecule has 0 unspecified atom stereocenters. The van der Waals surface area contributed by atoms with E-state index in [0.29, 0.717) is 17.1 Å². The maximum atomic E-state index is 13.1. The lowest BCUT2D eigenvalue weighted by Gasteiger charge is -2.18. The number of hydrogen-bond donors (Lipinski definition) is 2. The lowest BCUT2D eigenvalue weighted by molar-refractivity contribution is 0.248. The highest BCUT2D eigenvalue weighted by molar-refractivity contribution is 5.92. The van der Waals surface area contributed by atoms with E-state index in [9.17, 15) is 15.0 Å². The predicted octanol–water partition coefficient (Wildman–Crippen LogP) is 2.79. The Labute approximate surface area is 173 Å². The topological polar surface area (TPSA) is 108 Å². The van der Waals surface area contributed by atoms with Crippen LogP contribution in [0.1, 0.15) is 16.7 Å². The Morgan fingerprint density at radius 1 is 0.833 bits per heavy atom. The standard InChI is InChI=1S/C22H24O8/c1-11-6-17(26-2)18(27-3)7-12(11)16-8-15(25)19-20(28-4)13(9-23)14(10-24)21(29-5)22(19)30-16/h6-8,23-24H,9-10H2,1-5H3. The highest BCUT2D eigenvalue weighted by Gasteiger charge is 2.25. The van der Waals surface area contributed by atoms with Gasteiger partial charge in [-0.05, 0) is 24.6 Å². The van der Waals surface area contributed by atoms with Crippen LogP contribution in [-0.4, -0.2) is 38.7 Å². The minimum Gasteiger partial charge on any atom is -0.495 e. The van der Waals surface area contributed by atoms with Crippen molar-refractivity contribution < 1.29 is 33.6 Å². The average Bonchev–Trinajstić information content (AvgIpc) is 2.76. The van der Waals surface area contributed by atoms with E-state index >= 15 is 0 Å². The van der Waals surface area contributed by atoms with Crippen LogP contribution in [-0.2, 0) is 13.2 Å². The lowest BCUT2D eigenvalue weighted by Crippen LogP contribution is -2.10. The Morgan fingerprint density at radius 2 is 1.40 bits per heavy atom. The molecule has 0 saturated carbocycles. The van der Waals surface area contributed by atoms with E-state index < -0.39 is 13.2 Å². The molecule has 30 heavy (non-hydrogen) atoms. The van der Waals surface area contributed by atoms with Gasteiger partial charge in [-0.15, -0.1) is 0 Å². The second-order valence-corrected chi connectivity index (χ2v) is 6.54. The molecule has 3 rings (SSSR count). The van der Waals surface area contributed by atoms with Gasteiger partial charge in [0.15, 0.2) is 28.3 Å². The zero-order chi connectivity index (χ0) is 22.0. The third-order valence-corrected chi connectivity index (χ3v) is 5.01. The normalized spacial score (nSPS) is 10.9. The first-order valence-corrected chi connectivity index (χ1v) is 9.13. The van der Waals surface area contributed by atoms with E-state index in [2.05, 4.69) is 0 Å². The summed E-state index contributed by atoms with van der Waals surface area (Å²) in [6, 6.07) is 4.85. The molecule has 2 N–H and O–H groups in total. The van der Waals surface area contributed by atoms with Gasteiger partial charge in [0.25, 0.3) is 0 Å². The van der Waals surface area contributed by atoms with E-state index in [-0.39, 0.29) is 44.8 Å². The first kappa shape index (κ1) is 21.5.